The van der Waals surface area contributed by atoms with Gasteiger partial charge in [-0.1, -0.05) is 6.07 Å². The minimum absolute atomic E-state index is 0.161. The van der Waals surface area contributed by atoms with Crippen LogP contribution in [0.2, 0.25) is 0 Å². The Morgan fingerprint density at radius 2 is 2.11 bits per heavy atom. The molecule has 98 valence electrons. The van der Waals surface area contributed by atoms with E-state index in [1.807, 2.05) is 12.1 Å². The number of nitrogens with one attached hydrogen (secondary N) is 1. The van der Waals surface area contributed by atoms with Crippen LogP contribution in [-0.4, -0.2) is 40.1 Å². The van der Waals surface area contributed by atoms with Crippen molar-refractivity contribution < 1.29 is 4.79 Å². The molecule has 2 heterocycles. The topological polar surface area (TPSA) is 71.0 Å². The first-order valence-electron chi connectivity index (χ1n) is 5.85. The second-order valence-electron chi connectivity index (χ2n) is 4.22. The zero-order valence-corrected chi connectivity index (χ0v) is 10.9. The number of hydrogen-bond donors (Lipinski definition) is 1. The molecule has 6 nitrogen and oxygen atoms in total. The molecular weight excluding hydrogens is 242 g/mol. The van der Waals surface area contributed by atoms with Gasteiger partial charge in [-0.05, 0) is 23.8 Å². The lowest BCUT2D eigenvalue weighted by Gasteiger charge is -2.09. The van der Waals surface area contributed by atoms with Gasteiger partial charge in [-0.2, -0.15) is 0 Å². The Kier molecular flexibility index (Phi) is 4.02. The molecule has 0 aliphatic carbocycles. The molecule has 2 rings (SSSR count). The molecule has 1 N–H and O–H groups in total. The van der Waals surface area contributed by atoms with Crippen LogP contribution < -0.4 is 5.32 Å². The summed E-state index contributed by atoms with van der Waals surface area (Å²) in [6, 6.07) is 7.24. The molecule has 0 fully saturated rings. The normalized spacial score (nSPS) is 10.0. The molecule has 0 saturated carbocycles. The van der Waals surface area contributed by atoms with Gasteiger partial charge in [-0.15, -0.1) is 10.2 Å². The zero-order chi connectivity index (χ0) is 13.7. The van der Waals surface area contributed by atoms with E-state index in [9.17, 15) is 4.79 Å². The summed E-state index contributed by atoms with van der Waals surface area (Å²) in [6.45, 7) is 0.615. The van der Waals surface area contributed by atoms with Crippen LogP contribution in [0.5, 0.6) is 0 Å². The van der Waals surface area contributed by atoms with Crippen LogP contribution in [0.15, 0.2) is 36.7 Å². The quantitative estimate of drug-likeness (QED) is 0.890. The van der Waals surface area contributed by atoms with E-state index in [1.54, 1.807) is 38.6 Å². The van der Waals surface area contributed by atoms with Crippen LogP contribution in [0.4, 0.5) is 5.82 Å². The van der Waals surface area contributed by atoms with Crippen LogP contribution in [0.1, 0.15) is 16.1 Å². The van der Waals surface area contributed by atoms with Gasteiger partial charge in [0.2, 0.25) is 0 Å². The highest BCUT2D eigenvalue weighted by Crippen LogP contribution is 2.06. The summed E-state index contributed by atoms with van der Waals surface area (Å²) in [5.74, 6) is 0.463. The van der Waals surface area contributed by atoms with Gasteiger partial charge < -0.3 is 10.2 Å². The van der Waals surface area contributed by atoms with Gasteiger partial charge in [-0.3, -0.25) is 9.78 Å². The first-order valence-corrected chi connectivity index (χ1v) is 5.85. The van der Waals surface area contributed by atoms with Gasteiger partial charge >= 0.3 is 0 Å². The SMILES string of the molecule is CN(C)C(=O)c1ccc(NCc2cccnc2)nn1. The summed E-state index contributed by atoms with van der Waals surface area (Å²) >= 11 is 0. The van der Waals surface area contributed by atoms with E-state index in [-0.39, 0.29) is 5.91 Å². The first-order chi connectivity index (χ1) is 9.16. The third kappa shape index (κ3) is 3.48. The Morgan fingerprint density at radius 1 is 1.26 bits per heavy atom. The zero-order valence-electron chi connectivity index (χ0n) is 10.9. The predicted molar refractivity (Wildman–Crippen MR) is 71.6 cm³/mol. The molecule has 1 amide bonds. The van der Waals surface area contributed by atoms with Crippen molar-refractivity contribution in [2.75, 3.05) is 19.4 Å². The number of rotatable bonds is 4. The lowest BCUT2D eigenvalue weighted by Crippen LogP contribution is -2.23. The summed E-state index contributed by atoms with van der Waals surface area (Å²) in [6.07, 6.45) is 3.51. The Labute approximate surface area is 111 Å². The molecule has 19 heavy (non-hydrogen) atoms. The molecule has 0 aliphatic rings. The molecule has 2 aromatic heterocycles. The minimum Gasteiger partial charge on any atom is -0.364 e. The van der Waals surface area contributed by atoms with Gasteiger partial charge in [0.15, 0.2) is 5.69 Å². The summed E-state index contributed by atoms with van der Waals surface area (Å²) in [5.41, 5.74) is 1.38. The summed E-state index contributed by atoms with van der Waals surface area (Å²) in [5, 5.41) is 11.0. The Hall–Kier alpha value is -2.50. The summed E-state index contributed by atoms with van der Waals surface area (Å²) < 4.78 is 0. The average Bonchev–Trinajstić information content (AvgIpc) is 2.46. The van der Waals surface area contributed by atoms with Gasteiger partial charge in [0.25, 0.3) is 5.91 Å². The van der Waals surface area contributed by atoms with Crippen molar-refractivity contribution >= 4 is 11.7 Å². The number of nitrogens with zero attached hydrogens (tertiary/aromatic N) is 4. The number of aromatic nitrogens is 3. The smallest absolute Gasteiger partial charge is 0.273 e. The highest BCUT2D eigenvalue weighted by atomic mass is 16.2. The second kappa shape index (κ2) is 5.90. The third-order valence-electron chi connectivity index (χ3n) is 2.49. The van der Waals surface area contributed by atoms with E-state index in [0.29, 0.717) is 18.1 Å². The van der Waals surface area contributed by atoms with Crippen LogP contribution in [-0.2, 0) is 6.54 Å². The maximum absolute atomic E-state index is 11.6. The molecule has 0 saturated heterocycles. The van der Waals surface area contributed by atoms with Crippen LogP contribution in [0.25, 0.3) is 0 Å². The van der Waals surface area contributed by atoms with Crippen LogP contribution in [0.3, 0.4) is 0 Å². The van der Waals surface area contributed by atoms with E-state index in [1.165, 1.54) is 4.90 Å². The Balaban J connectivity index is 1.98. The van der Waals surface area contributed by atoms with Crippen molar-refractivity contribution in [3.8, 4) is 0 Å². The second-order valence-corrected chi connectivity index (χ2v) is 4.22. The number of hydrogen-bond acceptors (Lipinski definition) is 5. The third-order valence-corrected chi connectivity index (χ3v) is 2.49. The van der Waals surface area contributed by atoms with Crippen LogP contribution in [0, 0.1) is 0 Å². The molecule has 0 unspecified atom stereocenters. The van der Waals surface area contributed by atoms with E-state index >= 15 is 0 Å². The highest BCUT2D eigenvalue weighted by Gasteiger charge is 2.09. The average molecular weight is 257 g/mol. The van der Waals surface area contributed by atoms with Gasteiger partial charge in [0, 0.05) is 33.0 Å². The predicted octanol–water partition coefficient (Wildman–Crippen LogP) is 1.19. The molecular formula is C13H15N5O. The van der Waals surface area contributed by atoms with Crippen molar-refractivity contribution in [2.45, 2.75) is 6.54 Å². The van der Waals surface area contributed by atoms with E-state index in [2.05, 4.69) is 20.5 Å². The van der Waals surface area contributed by atoms with Crippen molar-refractivity contribution in [1.29, 1.82) is 0 Å². The maximum Gasteiger partial charge on any atom is 0.273 e. The van der Waals surface area contributed by atoms with Gasteiger partial charge in [0.1, 0.15) is 5.82 Å². The van der Waals surface area contributed by atoms with Crippen molar-refractivity contribution in [1.82, 2.24) is 20.1 Å². The molecule has 0 aliphatic heterocycles. The number of pyridine rings is 1. The number of anilines is 1. The monoisotopic (exact) mass is 257 g/mol. The van der Waals surface area contributed by atoms with E-state index < -0.39 is 0 Å². The lowest BCUT2D eigenvalue weighted by atomic mass is 10.3. The summed E-state index contributed by atoms with van der Waals surface area (Å²) in [4.78, 5) is 17.1. The molecule has 0 atom stereocenters. The number of carbonyl (C=O) groups excluding carboxylic acids is 1. The summed E-state index contributed by atoms with van der Waals surface area (Å²) in [7, 11) is 3.36. The molecule has 0 spiro atoms. The molecule has 0 radical (unpaired) electrons. The fourth-order valence-corrected chi connectivity index (χ4v) is 1.47. The number of carbonyl (C=O) groups is 1. The standard InChI is InChI=1S/C13H15N5O/c1-18(2)13(19)11-5-6-12(17-16-11)15-9-10-4-3-7-14-8-10/h3-8H,9H2,1-2H3,(H,15,17). The first kappa shape index (κ1) is 12.9. The largest absolute Gasteiger partial charge is 0.364 e. The van der Waals surface area contributed by atoms with E-state index in [4.69, 9.17) is 0 Å². The molecule has 2 aromatic rings. The molecule has 6 heteroatoms. The van der Waals surface area contributed by atoms with Crippen LogP contribution >= 0.6 is 0 Å². The Bertz CT molecular complexity index is 539. The lowest BCUT2D eigenvalue weighted by molar-refractivity contribution is 0.0821. The van der Waals surface area contributed by atoms with Gasteiger partial charge in [-0.25, -0.2) is 0 Å². The molecule has 0 bridgehead atoms. The fraction of sp³-hybridized carbons (Fsp3) is 0.231. The highest BCUT2D eigenvalue weighted by molar-refractivity contribution is 5.91. The Morgan fingerprint density at radius 3 is 2.68 bits per heavy atom. The van der Waals surface area contributed by atoms with Crippen molar-refractivity contribution in [3.05, 3.63) is 47.9 Å². The van der Waals surface area contributed by atoms with E-state index in [0.717, 1.165) is 5.56 Å². The fourth-order valence-electron chi connectivity index (χ4n) is 1.47. The number of amides is 1. The van der Waals surface area contributed by atoms with Gasteiger partial charge in [0.05, 0.1) is 0 Å². The maximum atomic E-state index is 11.6. The van der Waals surface area contributed by atoms with Crippen molar-refractivity contribution in [3.63, 3.8) is 0 Å². The molecule has 0 aromatic carbocycles. The van der Waals surface area contributed by atoms with Crippen molar-refractivity contribution in [2.24, 2.45) is 0 Å². The minimum atomic E-state index is -0.161.